The molecule has 1 nitrogen and oxygen atoms in total. The Morgan fingerprint density at radius 3 is 2.18 bits per heavy atom. The highest BCUT2D eigenvalue weighted by atomic mass is 19.4. The van der Waals surface area contributed by atoms with Gasteiger partial charge in [0.2, 0.25) is 0 Å². The maximum absolute atomic E-state index is 12.4. The monoisotopic (exact) mass is 250 g/mol. The van der Waals surface area contributed by atoms with Crippen LogP contribution >= 0.6 is 0 Å². The molecule has 0 aliphatic heterocycles. The summed E-state index contributed by atoms with van der Waals surface area (Å²) in [6, 6.07) is 0. The molecule has 0 spiro atoms. The third-order valence-electron chi connectivity index (χ3n) is 3.67. The van der Waals surface area contributed by atoms with Gasteiger partial charge in [-0.15, -0.1) is 0 Å². The molecule has 0 unspecified atom stereocenters. The van der Waals surface area contributed by atoms with Crippen LogP contribution in [-0.2, 0) is 4.79 Å². The quantitative estimate of drug-likeness (QED) is 0.656. The van der Waals surface area contributed by atoms with E-state index in [4.69, 9.17) is 0 Å². The highest BCUT2D eigenvalue weighted by Gasteiger charge is 2.42. The molecule has 1 aliphatic rings. The molecule has 0 radical (unpaired) electrons. The average Bonchev–Trinajstić information content (AvgIpc) is 2.28. The van der Waals surface area contributed by atoms with Crippen molar-refractivity contribution < 1.29 is 18.0 Å². The van der Waals surface area contributed by atoms with Crippen LogP contribution in [0.3, 0.4) is 0 Å². The van der Waals surface area contributed by atoms with Crippen LogP contribution in [0.1, 0.15) is 58.3 Å². The van der Waals surface area contributed by atoms with E-state index >= 15 is 0 Å². The first kappa shape index (κ1) is 14.5. The fourth-order valence-electron chi connectivity index (χ4n) is 2.50. The molecule has 1 saturated carbocycles. The van der Waals surface area contributed by atoms with Crippen LogP contribution in [0.4, 0.5) is 13.2 Å². The lowest BCUT2D eigenvalue weighted by Crippen LogP contribution is -2.30. The number of halogens is 3. The summed E-state index contributed by atoms with van der Waals surface area (Å²) in [5.41, 5.74) is 0. The Morgan fingerprint density at radius 2 is 1.71 bits per heavy atom. The number of unbranched alkanes of at least 4 members (excludes halogenated alkanes) is 2. The number of Topliss-reactive ketones (excluding diaryl/α,β-unsaturated/α-hetero) is 1. The summed E-state index contributed by atoms with van der Waals surface area (Å²) >= 11 is 0. The maximum Gasteiger partial charge on any atom is 0.391 e. The summed E-state index contributed by atoms with van der Waals surface area (Å²) in [5, 5.41) is 0. The summed E-state index contributed by atoms with van der Waals surface area (Å²) in [4.78, 5) is 11.7. The first-order valence-electron chi connectivity index (χ1n) is 6.54. The molecular weight excluding hydrogens is 229 g/mol. The highest BCUT2D eigenvalue weighted by Crippen LogP contribution is 2.40. The van der Waals surface area contributed by atoms with Crippen molar-refractivity contribution >= 4 is 5.78 Å². The normalized spacial score (nSPS) is 25.9. The summed E-state index contributed by atoms with van der Waals surface area (Å²) < 4.78 is 37.3. The number of carbonyl (C=O) groups excluding carboxylic acids is 1. The Balaban J connectivity index is 2.29. The first-order valence-corrected chi connectivity index (χ1v) is 6.54. The van der Waals surface area contributed by atoms with Crippen molar-refractivity contribution in [2.24, 2.45) is 11.8 Å². The molecule has 1 aliphatic carbocycles. The van der Waals surface area contributed by atoms with E-state index in [1.165, 1.54) is 0 Å². The molecule has 0 aromatic carbocycles. The molecule has 0 aromatic heterocycles. The van der Waals surface area contributed by atoms with Gasteiger partial charge in [0, 0.05) is 12.3 Å². The number of hydrogen-bond acceptors (Lipinski definition) is 1. The van der Waals surface area contributed by atoms with Crippen molar-refractivity contribution in [2.75, 3.05) is 0 Å². The lowest BCUT2D eigenvalue weighted by atomic mass is 9.79. The molecule has 0 atom stereocenters. The van der Waals surface area contributed by atoms with E-state index in [1.807, 2.05) is 0 Å². The van der Waals surface area contributed by atoms with Gasteiger partial charge < -0.3 is 0 Å². The molecule has 17 heavy (non-hydrogen) atoms. The third kappa shape index (κ3) is 4.68. The Bertz CT molecular complexity index is 240. The van der Waals surface area contributed by atoms with Crippen LogP contribution in [0.5, 0.6) is 0 Å². The van der Waals surface area contributed by atoms with E-state index in [0.717, 1.165) is 19.3 Å². The van der Waals surface area contributed by atoms with Gasteiger partial charge in [0.05, 0.1) is 5.92 Å². The maximum atomic E-state index is 12.4. The molecule has 0 N–H and O–H groups in total. The summed E-state index contributed by atoms with van der Waals surface area (Å²) in [6.07, 6.45) is 0.573. The number of alkyl halides is 3. The molecule has 100 valence electrons. The fraction of sp³-hybridized carbons (Fsp3) is 0.923. The molecule has 1 rings (SSSR count). The largest absolute Gasteiger partial charge is 0.391 e. The van der Waals surface area contributed by atoms with E-state index < -0.39 is 12.1 Å². The van der Waals surface area contributed by atoms with Crippen LogP contribution in [0.15, 0.2) is 0 Å². The van der Waals surface area contributed by atoms with Crippen LogP contribution in [0.25, 0.3) is 0 Å². The number of ketones is 1. The van der Waals surface area contributed by atoms with Gasteiger partial charge in [-0.05, 0) is 32.1 Å². The fourth-order valence-corrected chi connectivity index (χ4v) is 2.50. The van der Waals surface area contributed by atoms with Crippen molar-refractivity contribution in [1.29, 1.82) is 0 Å². The topological polar surface area (TPSA) is 17.1 Å². The molecule has 0 bridgehead atoms. The summed E-state index contributed by atoms with van der Waals surface area (Å²) in [5.74, 6) is -1.10. The Hall–Kier alpha value is -0.540. The average molecular weight is 250 g/mol. The van der Waals surface area contributed by atoms with Crippen molar-refractivity contribution in [2.45, 2.75) is 64.5 Å². The standard InChI is InChI=1S/C13H21F3O/c1-2-3-4-5-12(17)10-6-8-11(9-7-10)13(14,15)16/h10-11H,2-9H2,1H3. The first-order chi connectivity index (χ1) is 7.95. The zero-order chi connectivity index (χ0) is 12.9. The van der Waals surface area contributed by atoms with Crippen LogP contribution < -0.4 is 0 Å². The molecule has 1 fully saturated rings. The van der Waals surface area contributed by atoms with Crippen molar-refractivity contribution in [3.8, 4) is 0 Å². The molecular formula is C13H21F3O. The smallest absolute Gasteiger partial charge is 0.299 e. The van der Waals surface area contributed by atoms with Gasteiger partial charge >= 0.3 is 6.18 Å². The van der Waals surface area contributed by atoms with Crippen molar-refractivity contribution in [1.82, 2.24) is 0 Å². The number of rotatable bonds is 5. The molecule has 0 amide bonds. The minimum atomic E-state index is -4.07. The summed E-state index contributed by atoms with van der Waals surface area (Å²) in [6.45, 7) is 2.07. The predicted octanol–water partition coefficient (Wildman–Crippen LogP) is 4.50. The van der Waals surface area contributed by atoms with Crippen molar-refractivity contribution in [3.63, 3.8) is 0 Å². The summed E-state index contributed by atoms with van der Waals surface area (Å²) in [7, 11) is 0. The van der Waals surface area contributed by atoms with Gasteiger partial charge in [-0.2, -0.15) is 13.2 Å². The van der Waals surface area contributed by atoms with E-state index in [9.17, 15) is 18.0 Å². The van der Waals surface area contributed by atoms with Gasteiger partial charge in [-0.3, -0.25) is 4.79 Å². The Morgan fingerprint density at radius 1 is 1.12 bits per heavy atom. The minimum Gasteiger partial charge on any atom is -0.299 e. The lowest BCUT2D eigenvalue weighted by molar-refractivity contribution is -0.184. The van der Waals surface area contributed by atoms with E-state index in [0.29, 0.717) is 19.3 Å². The predicted molar refractivity (Wildman–Crippen MR) is 60.7 cm³/mol. The van der Waals surface area contributed by atoms with E-state index in [-0.39, 0.29) is 24.5 Å². The second-order valence-corrected chi connectivity index (χ2v) is 5.01. The minimum absolute atomic E-state index is 0.106. The lowest BCUT2D eigenvalue weighted by Gasteiger charge is -2.29. The molecule has 0 heterocycles. The van der Waals surface area contributed by atoms with Crippen LogP contribution in [-0.4, -0.2) is 12.0 Å². The van der Waals surface area contributed by atoms with Crippen LogP contribution in [0, 0.1) is 11.8 Å². The van der Waals surface area contributed by atoms with Crippen LogP contribution in [0.2, 0.25) is 0 Å². The highest BCUT2D eigenvalue weighted by molar-refractivity contribution is 5.81. The molecule has 0 saturated heterocycles. The zero-order valence-corrected chi connectivity index (χ0v) is 10.4. The van der Waals surface area contributed by atoms with E-state index in [1.54, 1.807) is 0 Å². The van der Waals surface area contributed by atoms with Crippen molar-refractivity contribution in [3.05, 3.63) is 0 Å². The second kappa shape index (κ2) is 6.41. The van der Waals surface area contributed by atoms with Gasteiger partial charge in [-0.1, -0.05) is 19.8 Å². The van der Waals surface area contributed by atoms with Gasteiger partial charge in [0.25, 0.3) is 0 Å². The zero-order valence-electron chi connectivity index (χ0n) is 10.4. The Labute approximate surface area is 101 Å². The Kier molecular flexibility index (Phi) is 5.47. The second-order valence-electron chi connectivity index (χ2n) is 5.01. The number of carbonyl (C=O) groups is 1. The third-order valence-corrected chi connectivity index (χ3v) is 3.67. The SMILES string of the molecule is CCCCCC(=O)C1CCC(C(F)(F)F)CC1. The van der Waals surface area contributed by atoms with Gasteiger partial charge in [-0.25, -0.2) is 0 Å². The number of hydrogen-bond donors (Lipinski definition) is 0. The van der Waals surface area contributed by atoms with Gasteiger partial charge in [0.15, 0.2) is 0 Å². The van der Waals surface area contributed by atoms with E-state index in [2.05, 4.69) is 6.92 Å². The van der Waals surface area contributed by atoms with Gasteiger partial charge in [0.1, 0.15) is 5.78 Å². The molecule has 4 heteroatoms. The molecule has 0 aromatic rings.